The SMILES string of the molecule is CO.[2H]Oc1c([2H])c([2H])c([2H])c([2H])c1C=O.[2H]Oc1c([2H])c([2H])c([2H])c([2H])c1[2H]. The van der Waals surface area contributed by atoms with Gasteiger partial charge in [-0.3, -0.25) is 4.79 Å². The molecule has 0 aliphatic carbocycles. The summed E-state index contributed by atoms with van der Waals surface area (Å²) in [4.78, 5) is 10.5. The molecule has 0 aromatic heterocycles. The zero-order valence-corrected chi connectivity index (χ0v) is 9.25. The van der Waals surface area contributed by atoms with Crippen LogP contribution in [0.15, 0.2) is 54.4 Å². The van der Waals surface area contributed by atoms with Gasteiger partial charge in [0.2, 0.25) is 0 Å². The van der Waals surface area contributed by atoms with Crippen LogP contribution in [0.5, 0.6) is 11.5 Å². The Bertz CT molecular complexity index is 860. The van der Waals surface area contributed by atoms with Crippen LogP contribution in [-0.2, 0) is 0 Å². The molecule has 0 radical (unpaired) electrons. The minimum atomic E-state index is -0.525. The van der Waals surface area contributed by atoms with E-state index < -0.39 is 65.9 Å². The highest BCUT2D eigenvalue weighted by molar-refractivity contribution is 5.78. The smallest absolute Gasteiger partial charge is 0.293 e. The number of carbonyl (C=O) groups is 1. The van der Waals surface area contributed by atoms with Gasteiger partial charge in [-0.2, -0.15) is 0 Å². The van der Waals surface area contributed by atoms with Crippen molar-refractivity contribution in [1.29, 1.82) is 2.86 Å². The van der Waals surface area contributed by atoms with Crippen molar-refractivity contribution in [2.24, 2.45) is 0 Å². The summed E-state index contributed by atoms with van der Waals surface area (Å²) in [6.45, 7) is 0. The number of aliphatic hydroxyl groups is 1. The van der Waals surface area contributed by atoms with Gasteiger partial charge in [0.05, 0.1) is 17.9 Å². The first-order chi connectivity index (χ1) is 13.5. The maximum absolute atomic E-state index is 10.5. The second-order valence-corrected chi connectivity index (χ2v) is 2.31. The van der Waals surface area contributed by atoms with Gasteiger partial charge in [-0.25, -0.2) is 0 Å². The fourth-order valence-corrected chi connectivity index (χ4v) is 0.632. The van der Waals surface area contributed by atoms with Crippen LogP contribution in [-0.4, -0.2) is 31.6 Å². The van der Waals surface area contributed by atoms with Crippen molar-refractivity contribution in [2.75, 3.05) is 7.11 Å². The van der Waals surface area contributed by atoms with Crippen LogP contribution in [0, 0.1) is 0 Å². The minimum Gasteiger partial charge on any atom is -0.508 e. The molecule has 4 heteroatoms. The summed E-state index contributed by atoms with van der Waals surface area (Å²) in [6.07, 6.45) is 0.238. The van der Waals surface area contributed by atoms with Crippen molar-refractivity contribution in [3.8, 4) is 11.5 Å². The van der Waals surface area contributed by atoms with Gasteiger partial charge in [0, 0.05) is 7.11 Å². The number of rotatable bonds is 3. The standard InChI is InChI=1S/C7H6O2.C6H6O.CH4O/c8-5-6-3-1-2-4-7(6)9;7-6-4-2-1-3-5-6;1-2/h1-5,9H;1-5,7H;2H,1H3/i1D,2D,3D,4D;1D,2D,3D,4D,5D;/hD2. The normalized spacial score (nSPS) is 16.2. The fraction of sp³-hybridized carbons (Fsp3) is 0.0714. The van der Waals surface area contributed by atoms with E-state index >= 15 is 0 Å². The Labute approximate surface area is 121 Å². The molecule has 2 aromatic rings. The molecule has 0 fully saturated rings. The van der Waals surface area contributed by atoms with Gasteiger partial charge in [-0.1, -0.05) is 30.2 Å². The van der Waals surface area contributed by atoms with Crippen molar-refractivity contribution in [3.05, 3.63) is 59.9 Å². The van der Waals surface area contributed by atoms with E-state index in [0.717, 1.165) is 7.11 Å². The van der Waals surface area contributed by atoms with Gasteiger partial charge in [-0.05, 0) is 24.2 Å². The van der Waals surface area contributed by atoms with E-state index in [1.54, 1.807) is 0 Å². The van der Waals surface area contributed by atoms with Gasteiger partial charge in [-0.15, -0.1) is 0 Å². The second kappa shape index (κ2) is 9.86. The molecule has 3 N–H and O–H groups in total. The highest BCUT2D eigenvalue weighted by Crippen LogP contribution is 2.11. The minimum absolute atomic E-state index is 0.238. The van der Waals surface area contributed by atoms with Crippen molar-refractivity contribution in [1.82, 2.24) is 0 Å². The molecule has 0 saturated heterocycles. The third kappa shape index (κ3) is 6.30. The summed E-state index contributed by atoms with van der Waals surface area (Å²) in [6, 6.07) is -4.54. The van der Waals surface area contributed by atoms with Crippen LogP contribution in [0.4, 0.5) is 0 Å². The van der Waals surface area contributed by atoms with E-state index in [4.69, 9.17) is 20.3 Å². The molecule has 0 atom stereocenters. The summed E-state index contributed by atoms with van der Waals surface area (Å²) in [5.74, 6) is -0.906. The Morgan fingerprint density at radius 1 is 1.00 bits per heavy atom. The van der Waals surface area contributed by atoms with Crippen LogP contribution in [0.3, 0.4) is 0 Å². The number of carbonyl (C=O) groups excluding carboxylic acids is 1. The van der Waals surface area contributed by atoms with Gasteiger partial charge in [0.15, 0.2) is 6.29 Å². The van der Waals surface area contributed by atoms with Crippen molar-refractivity contribution >= 4 is 6.29 Å². The lowest BCUT2D eigenvalue weighted by molar-refractivity contribution is 0.112. The van der Waals surface area contributed by atoms with Gasteiger partial charge >= 0.3 is 0 Å². The molecule has 0 amide bonds. The number of hydrogen-bond donors (Lipinski definition) is 3. The van der Waals surface area contributed by atoms with E-state index in [-0.39, 0.29) is 11.8 Å². The average molecular weight is 259 g/mol. The molecule has 0 spiro atoms. The van der Waals surface area contributed by atoms with E-state index in [1.165, 1.54) is 0 Å². The maximum Gasteiger partial charge on any atom is 0.293 e. The zero-order valence-electron chi connectivity index (χ0n) is 20.2. The Morgan fingerprint density at radius 2 is 1.61 bits per heavy atom. The third-order valence-corrected chi connectivity index (χ3v) is 1.28. The molecule has 4 nitrogen and oxygen atoms in total. The first-order valence-corrected chi connectivity index (χ1v) is 4.38. The zero-order chi connectivity index (χ0) is 23.0. The molecular formula is C14H16O4. The molecule has 0 aliphatic rings. The van der Waals surface area contributed by atoms with Crippen LogP contribution in [0.1, 0.15) is 22.7 Å². The van der Waals surface area contributed by atoms with E-state index in [0.29, 0.717) is 0 Å². The first kappa shape index (κ1) is 5.12. The Balaban J connectivity index is 0.000000499. The molecule has 0 bridgehead atoms. The highest BCUT2D eigenvalue weighted by Gasteiger charge is 1.93. The molecular weight excluding hydrogens is 232 g/mol. The van der Waals surface area contributed by atoms with Crippen LogP contribution in [0.2, 0.25) is 0 Å². The number of aromatic hydroxyl groups is 2. The summed E-state index contributed by atoms with van der Waals surface area (Å²) in [5.41, 5.74) is -0.342. The third-order valence-electron chi connectivity index (χ3n) is 1.28. The van der Waals surface area contributed by atoms with Gasteiger partial charge in [0.1, 0.15) is 11.5 Å². The average Bonchev–Trinajstić information content (AvgIpc) is 2.74. The summed E-state index contributed by atoms with van der Waals surface area (Å²) < 4.78 is 78.1. The van der Waals surface area contributed by atoms with Crippen LogP contribution >= 0.6 is 0 Å². The topological polar surface area (TPSA) is 77.8 Å². The molecule has 0 heterocycles. The Morgan fingerprint density at radius 3 is 2.17 bits per heavy atom. The number of para-hydroxylation sites is 2. The first-order valence-electron chi connectivity index (χ1n) is 9.70. The number of hydrogen-bond acceptors (Lipinski definition) is 4. The monoisotopic (exact) mass is 259 g/mol. The lowest BCUT2D eigenvalue weighted by Crippen LogP contribution is -1.77. The molecule has 0 saturated carbocycles. The molecule has 18 heavy (non-hydrogen) atoms. The number of phenolic OH excluding ortho intramolecular Hbond substituents is 2. The molecule has 0 aliphatic heterocycles. The van der Waals surface area contributed by atoms with Gasteiger partial charge < -0.3 is 15.3 Å². The molecule has 96 valence electrons. The fourth-order valence-electron chi connectivity index (χ4n) is 0.632. The Kier molecular flexibility index (Phi) is 2.80. The van der Waals surface area contributed by atoms with Crippen molar-refractivity contribution in [3.63, 3.8) is 0 Å². The molecule has 2 rings (SSSR count). The van der Waals surface area contributed by atoms with Crippen LogP contribution < -0.4 is 0 Å². The predicted octanol–water partition coefficient (Wildman–Crippen LogP) is 2.21. The van der Waals surface area contributed by atoms with E-state index in [2.05, 4.69) is 10.2 Å². The van der Waals surface area contributed by atoms with Crippen LogP contribution in [0.25, 0.3) is 0 Å². The van der Waals surface area contributed by atoms with Crippen molar-refractivity contribution in [2.45, 2.75) is 0 Å². The summed E-state index contributed by atoms with van der Waals surface area (Å²) in [5, 5.41) is 14.9. The lowest BCUT2D eigenvalue weighted by atomic mass is 10.2. The number of phenols is 2. The summed E-state index contributed by atoms with van der Waals surface area (Å²) >= 11 is 0. The number of aliphatic hydroxyl groups excluding tert-OH is 1. The highest BCUT2D eigenvalue weighted by atomic mass is 16.3. The van der Waals surface area contributed by atoms with Crippen molar-refractivity contribution < 1.29 is 32.5 Å². The quantitative estimate of drug-likeness (QED) is 0.738. The molecule has 2 aromatic carbocycles. The Hall–Kier alpha value is -2.33. The number of aldehydes is 1. The predicted molar refractivity (Wildman–Crippen MR) is 69.7 cm³/mol. The summed E-state index contributed by atoms with van der Waals surface area (Å²) in [7, 11) is 1.00. The number of benzene rings is 2. The largest absolute Gasteiger partial charge is 0.508 e. The van der Waals surface area contributed by atoms with Gasteiger partial charge in [0.25, 0.3) is 2.86 Å². The van der Waals surface area contributed by atoms with E-state index in [1.807, 2.05) is 0 Å². The molecule has 0 unspecified atom stereocenters. The second-order valence-electron chi connectivity index (χ2n) is 2.31. The lowest BCUT2D eigenvalue weighted by Gasteiger charge is -1.91. The maximum atomic E-state index is 10.5. The van der Waals surface area contributed by atoms with E-state index in [9.17, 15) is 4.79 Å².